The molecule has 1 N–H and O–H groups in total. The summed E-state index contributed by atoms with van der Waals surface area (Å²) >= 11 is 0. The van der Waals surface area contributed by atoms with Crippen molar-refractivity contribution in [1.29, 1.82) is 0 Å². The van der Waals surface area contributed by atoms with E-state index in [-0.39, 0.29) is 6.10 Å². The third-order valence-electron chi connectivity index (χ3n) is 2.10. The average molecular weight is 208 g/mol. The Hall–Kier alpha value is -1.09. The van der Waals surface area contributed by atoms with Gasteiger partial charge >= 0.3 is 0 Å². The van der Waals surface area contributed by atoms with Crippen LogP contribution in [-0.4, -0.2) is 23.7 Å². The van der Waals surface area contributed by atoms with Crippen molar-refractivity contribution in [3.8, 4) is 5.75 Å². The number of hydrogen-bond donors (Lipinski definition) is 1. The van der Waals surface area contributed by atoms with Crippen LogP contribution in [0.15, 0.2) is 18.3 Å². The van der Waals surface area contributed by atoms with Crippen molar-refractivity contribution >= 4 is 0 Å². The number of nitrogens with zero attached hydrogens (tertiary/aromatic N) is 1. The second kappa shape index (κ2) is 5.71. The molecule has 1 heterocycles. The Balaban J connectivity index is 2.44. The highest BCUT2D eigenvalue weighted by Crippen LogP contribution is 2.14. The van der Waals surface area contributed by atoms with Crippen LogP contribution in [0, 0.1) is 6.92 Å². The summed E-state index contributed by atoms with van der Waals surface area (Å²) in [5, 5.41) is 3.34. The first-order valence-corrected chi connectivity index (χ1v) is 5.41. The molecule has 0 spiro atoms. The quantitative estimate of drug-likeness (QED) is 0.805. The minimum atomic E-state index is 0.162. The van der Waals surface area contributed by atoms with E-state index in [1.54, 1.807) is 6.20 Å². The largest absolute Gasteiger partial charge is 0.487 e. The van der Waals surface area contributed by atoms with Crippen LogP contribution in [0.1, 0.15) is 26.5 Å². The number of hydrogen-bond acceptors (Lipinski definition) is 3. The summed E-state index contributed by atoms with van der Waals surface area (Å²) in [5.74, 6) is 0.871. The molecule has 3 nitrogen and oxygen atoms in total. The van der Waals surface area contributed by atoms with Crippen molar-refractivity contribution < 1.29 is 4.74 Å². The van der Waals surface area contributed by atoms with E-state index < -0.39 is 0 Å². The third-order valence-corrected chi connectivity index (χ3v) is 2.10. The van der Waals surface area contributed by atoms with Gasteiger partial charge in [-0.25, -0.2) is 0 Å². The van der Waals surface area contributed by atoms with Gasteiger partial charge in [-0.2, -0.15) is 0 Å². The van der Waals surface area contributed by atoms with E-state index >= 15 is 0 Å². The fourth-order valence-corrected chi connectivity index (χ4v) is 1.25. The zero-order chi connectivity index (χ0) is 11.3. The van der Waals surface area contributed by atoms with Crippen LogP contribution in [0.3, 0.4) is 0 Å². The second-order valence-corrected chi connectivity index (χ2v) is 4.08. The maximum Gasteiger partial charge on any atom is 0.140 e. The molecule has 0 aromatic carbocycles. The maximum atomic E-state index is 5.77. The monoisotopic (exact) mass is 208 g/mol. The molecule has 0 saturated carbocycles. The normalized spacial score (nSPS) is 12.9. The molecule has 0 amide bonds. The molecule has 1 atom stereocenters. The van der Waals surface area contributed by atoms with Gasteiger partial charge in [0.2, 0.25) is 0 Å². The molecule has 3 heteroatoms. The molecule has 0 aliphatic carbocycles. The predicted octanol–water partition coefficient (Wildman–Crippen LogP) is 2.16. The van der Waals surface area contributed by atoms with E-state index in [1.807, 2.05) is 19.1 Å². The SMILES string of the molecule is Cc1ncccc1OC(C)CNC(C)C. The van der Waals surface area contributed by atoms with Crippen LogP contribution in [-0.2, 0) is 0 Å². The Kier molecular flexibility index (Phi) is 4.56. The van der Waals surface area contributed by atoms with Crippen molar-refractivity contribution in [3.05, 3.63) is 24.0 Å². The second-order valence-electron chi connectivity index (χ2n) is 4.08. The lowest BCUT2D eigenvalue weighted by Crippen LogP contribution is -2.33. The van der Waals surface area contributed by atoms with E-state index in [2.05, 4.69) is 31.1 Å². The van der Waals surface area contributed by atoms with Gasteiger partial charge in [-0.15, -0.1) is 0 Å². The molecule has 1 aromatic rings. The zero-order valence-electron chi connectivity index (χ0n) is 9.95. The summed E-state index contributed by atoms with van der Waals surface area (Å²) in [5.41, 5.74) is 0.939. The Morgan fingerprint density at radius 2 is 2.13 bits per heavy atom. The highest BCUT2D eigenvalue weighted by atomic mass is 16.5. The van der Waals surface area contributed by atoms with Gasteiger partial charge in [-0.05, 0) is 26.0 Å². The standard InChI is InChI=1S/C12H20N2O/c1-9(2)14-8-10(3)15-12-6-5-7-13-11(12)4/h5-7,9-10,14H,8H2,1-4H3. The summed E-state index contributed by atoms with van der Waals surface area (Å²) in [6.45, 7) is 9.12. The Morgan fingerprint density at radius 3 is 2.73 bits per heavy atom. The van der Waals surface area contributed by atoms with E-state index in [0.29, 0.717) is 6.04 Å². The number of nitrogens with one attached hydrogen (secondary N) is 1. The molecule has 0 fully saturated rings. The Bertz CT molecular complexity index is 299. The molecular weight excluding hydrogens is 188 g/mol. The molecule has 0 aliphatic rings. The van der Waals surface area contributed by atoms with Gasteiger partial charge in [-0.3, -0.25) is 4.98 Å². The zero-order valence-corrected chi connectivity index (χ0v) is 9.95. The fraction of sp³-hybridized carbons (Fsp3) is 0.583. The molecule has 1 aromatic heterocycles. The Morgan fingerprint density at radius 1 is 1.40 bits per heavy atom. The number of pyridine rings is 1. The van der Waals surface area contributed by atoms with Crippen LogP contribution < -0.4 is 10.1 Å². The lowest BCUT2D eigenvalue weighted by atomic mass is 10.3. The van der Waals surface area contributed by atoms with E-state index in [4.69, 9.17) is 4.74 Å². The molecule has 0 aliphatic heterocycles. The van der Waals surface area contributed by atoms with Crippen LogP contribution in [0.4, 0.5) is 0 Å². The summed E-state index contributed by atoms with van der Waals surface area (Å²) in [6.07, 6.45) is 1.94. The van der Waals surface area contributed by atoms with Crippen LogP contribution in [0.5, 0.6) is 5.75 Å². The predicted molar refractivity (Wildman–Crippen MR) is 62.2 cm³/mol. The molecule has 1 rings (SSSR count). The highest BCUT2D eigenvalue weighted by molar-refractivity contribution is 5.25. The minimum Gasteiger partial charge on any atom is -0.487 e. The summed E-state index contributed by atoms with van der Waals surface area (Å²) in [4.78, 5) is 4.18. The molecule has 0 radical (unpaired) electrons. The van der Waals surface area contributed by atoms with E-state index in [1.165, 1.54) is 0 Å². The molecule has 84 valence electrons. The minimum absolute atomic E-state index is 0.162. The lowest BCUT2D eigenvalue weighted by molar-refractivity contribution is 0.211. The van der Waals surface area contributed by atoms with Crippen LogP contribution in [0.25, 0.3) is 0 Å². The molecular formula is C12H20N2O. The van der Waals surface area contributed by atoms with Gasteiger partial charge in [0.1, 0.15) is 11.9 Å². The topological polar surface area (TPSA) is 34.1 Å². The summed E-state index contributed by atoms with van der Waals surface area (Å²) < 4.78 is 5.77. The first kappa shape index (κ1) is 12.0. The van der Waals surface area contributed by atoms with E-state index in [0.717, 1.165) is 18.0 Å². The smallest absolute Gasteiger partial charge is 0.140 e. The van der Waals surface area contributed by atoms with Gasteiger partial charge in [0, 0.05) is 18.8 Å². The van der Waals surface area contributed by atoms with Gasteiger partial charge < -0.3 is 10.1 Å². The van der Waals surface area contributed by atoms with Gasteiger partial charge in [0.05, 0.1) is 5.69 Å². The fourth-order valence-electron chi connectivity index (χ4n) is 1.25. The first-order valence-electron chi connectivity index (χ1n) is 5.41. The number of rotatable bonds is 5. The van der Waals surface area contributed by atoms with Crippen LogP contribution >= 0.6 is 0 Å². The van der Waals surface area contributed by atoms with Crippen molar-refractivity contribution in [1.82, 2.24) is 10.3 Å². The molecule has 0 bridgehead atoms. The molecule has 1 unspecified atom stereocenters. The average Bonchev–Trinajstić information content (AvgIpc) is 2.18. The van der Waals surface area contributed by atoms with Crippen LogP contribution in [0.2, 0.25) is 0 Å². The van der Waals surface area contributed by atoms with Gasteiger partial charge in [-0.1, -0.05) is 13.8 Å². The number of ether oxygens (including phenoxy) is 1. The molecule has 15 heavy (non-hydrogen) atoms. The summed E-state index contributed by atoms with van der Waals surface area (Å²) in [6, 6.07) is 4.34. The van der Waals surface area contributed by atoms with Crippen molar-refractivity contribution in [3.63, 3.8) is 0 Å². The van der Waals surface area contributed by atoms with Gasteiger partial charge in [0.15, 0.2) is 0 Å². The summed E-state index contributed by atoms with van der Waals surface area (Å²) in [7, 11) is 0. The lowest BCUT2D eigenvalue weighted by Gasteiger charge is -2.17. The molecule has 0 saturated heterocycles. The number of aryl methyl sites for hydroxylation is 1. The van der Waals surface area contributed by atoms with Crippen molar-refractivity contribution in [2.24, 2.45) is 0 Å². The Labute approximate surface area is 91.9 Å². The van der Waals surface area contributed by atoms with E-state index in [9.17, 15) is 0 Å². The van der Waals surface area contributed by atoms with Gasteiger partial charge in [0.25, 0.3) is 0 Å². The van der Waals surface area contributed by atoms with Crippen molar-refractivity contribution in [2.45, 2.75) is 39.8 Å². The van der Waals surface area contributed by atoms with Crippen molar-refractivity contribution in [2.75, 3.05) is 6.54 Å². The maximum absolute atomic E-state index is 5.77. The first-order chi connectivity index (χ1) is 7.09. The number of aromatic nitrogens is 1. The highest BCUT2D eigenvalue weighted by Gasteiger charge is 2.06. The third kappa shape index (κ3) is 4.30.